The molecule has 27 heavy (non-hydrogen) atoms. The molecule has 4 rings (SSSR count). The minimum Gasteiger partial charge on any atom is -0.493 e. The first-order chi connectivity index (χ1) is 13.3. The van der Waals surface area contributed by atoms with Crippen molar-refractivity contribution in [3.05, 3.63) is 61.2 Å². The standard InChI is InChI=1S/C21H22N4O2/c1-24-18-9-4-3-8-17(18)23-21(24)16-7-5-10-19(26-2)20(16)27-14-6-12-25-13-11-22-15-25/h3-5,7-11,13,15H,6,12,14H2,1-2H3. The second-order valence-electron chi connectivity index (χ2n) is 6.32. The minimum atomic E-state index is 0.579. The molecule has 0 radical (unpaired) electrons. The van der Waals surface area contributed by atoms with E-state index >= 15 is 0 Å². The summed E-state index contributed by atoms with van der Waals surface area (Å²) in [6.45, 7) is 1.44. The molecule has 0 spiro atoms. The van der Waals surface area contributed by atoms with Gasteiger partial charge in [-0.05, 0) is 30.7 Å². The third-order valence-corrected chi connectivity index (χ3v) is 4.59. The molecule has 6 nitrogen and oxygen atoms in total. The largest absolute Gasteiger partial charge is 0.493 e. The second-order valence-corrected chi connectivity index (χ2v) is 6.32. The van der Waals surface area contributed by atoms with E-state index < -0.39 is 0 Å². The van der Waals surface area contributed by atoms with E-state index in [9.17, 15) is 0 Å². The van der Waals surface area contributed by atoms with Crippen LogP contribution < -0.4 is 9.47 Å². The molecule has 0 fully saturated rings. The molecule has 2 aromatic heterocycles. The van der Waals surface area contributed by atoms with Gasteiger partial charge in [-0.25, -0.2) is 9.97 Å². The van der Waals surface area contributed by atoms with Crippen molar-refractivity contribution >= 4 is 11.0 Å². The number of aromatic nitrogens is 4. The van der Waals surface area contributed by atoms with Crippen LogP contribution in [0.4, 0.5) is 0 Å². The van der Waals surface area contributed by atoms with Gasteiger partial charge in [0.1, 0.15) is 5.82 Å². The SMILES string of the molecule is COc1cccc(-c2nc3ccccc3n2C)c1OCCCn1ccnc1. The van der Waals surface area contributed by atoms with E-state index in [1.807, 2.05) is 60.5 Å². The third-order valence-electron chi connectivity index (χ3n) is 4.59. The molecule has 138 valence electrons. The number of para-hydroxylation sites is 3. The van der Waals surface area contributed by atoms with Crippen molar-refractivity contribution < 1.29 is 9.47 Å². The highest BCUT2D eigenvalue weighted by Gasteiger charge is 2.17. The van der Waals surface area contributed by atoms with Gasteiger partial charge in [-0.1, -0.05) is 18.2 Å². The Kier molecular flexibility index (Phi) is 4.78. The lowest BCUT2D eigenvalue weighted by atomic mass is 10.1. The highest BCUT2D eigenvalue weighted by atomic mass is 16.5. The lowest BCUT2D eigenvalue weighted by molar-refractivity contribution is 0.283. The maximum Gasteiger partial charge on any atom is 0.172 e. The number of hydrogen-bond acceptors (Lipinski definition) is 4. The maximum absolute atomic E-state index is 6.15. The molecule has 0 atom stereocenters. The Morgan fingerprint density at radius 1 is 1.07 bits per heavy atom. The summed E-state index contributed by atoms with van der Waals surface area (Å²) in [7, 11) is 3.68. The predicted molar refractivity (Wildman–Crippen MR) is 105 cm³/mol. The smallest absolute Gasteiger partial charge is 0.172 e. The van der Waals surface area contributed by atoms with E-state index in [4.69, 9.17) is 14.5 Å². The van der Waals surface area contributed by atoms with E-state index in [1.165, 1.54) is 0 Å². The van der Waals surface area contributed by atoms with Crippen LogP contribution in [0, 0.1) is 0 Å². The van der Waals surface area contributed by atoms with Gasteiger partial charge < -0.3 is 18.6 Å². The Morgan fingerprint density at radius 3 is 2.74 bits per heavy atom. The van der Waals surface area contributed by atoms with Gasteiger partial charge in [-0.2, -0.15) is 0 Å². The quantitative estimate of drug-likeness (QED) is 0.468. The molecule has 0 bridgehead atoms. The zero-order valence-electron chi connectivity index (χ0n) is 15.5. The van der Waals surface area contributed by atoms with Crippen LogP contribution in [0.15, 0.2) is 61.2 Å². The fourth-order valence-electron chi connectivity index (χ4n) is 3.23. The summed E-state index contributed by atoms with van der Waals surface area (Å²) in [5.74, 6) is 2.30. The van der Waals surface area contributed by atoms with Gasteiger partial charge in [0.2, 0.25) is 0 Å². The summed E-state index contributed by atoms with van der Waals surface area (Å²) < 4.78 is 15.8. The summed E-state index contributed by atoms with van der Waals surface area (Å²) in [5.41, 5.74) is 2.97. The highest BCUT2D eigenvalue weighted by Crippen LogP contribution is 2.38. The Morgan fingerprint density at radius 2 is 1.96 bits per heavy atom. The van der Waals surface area contributed by atoms with Crippen LogP contribution in [0.3, 0.4) is 0 Å². The van der Waals surface area contributed by atoms with E-state index in [0.29, 0.717) is 12.4 Å². The molecule has 0 aliphatic carbocycles. The fourth-order valence-corrected chi connectivity index (χ4v) is 3.23. The number of nitrogens with zero attached hydrogens (tertiary/aromatic N) is 4. The summed E-state index contributed by atoms with van der Waals surface area (Å²) in [5, 5.41) is 0. The summed E-state index contributed by atoms with van der Waals surface area (Å²) in [4.78, 5) is 8.86. The summed E-state index contributed by atoms with van der Waals surface area (Å²) in [6, 6.07) is 14.0. The molecule has 0 saturated heterocycles. The van der Waals surface area contributed by atoms with Crippen molar-refractivity contribution in [3.63, 3.8) is 0 Å². The number of methoxy groups -OCH3 is 1. The number of aryl methyl sites for hydroxylation is 2. The molecule has 0 aliphatic heterocycles. The van der Waals surface area contributed by atoms with Crippen LogP contribution >= 0.6 is 0 Å². The van der Waals surface area contributed by atoms with E-state index in [2.05, 4.69) is 15.6 Å². The average molecular weight is 362 g/mol. The summed E-state index contributed by atoms with van der Waals surface area (Å²) in [6.07, 6.45) is 6.42. The lowest BCUT2D eigenvalue weighted by Gasteiger charge is -2.15. The number of ether oxygens (including phenoxy) is 2. The van der Waals surface area contributed by atoms with E-state index in [0.717, 1.165) is 41.1 Å². The van der Waals surface area contributed by atoms with Crippen LogP contribution in [0.2, 0.25) is 0 Å². The molecule has 0 unspecified atom stereocenters. The van der Waals surface area contributed by atoms with Crippen molar-refractivity contribution in [2.75, 3.05) is 13.7 Å². The number of hydrogen-bond donors (Lipinski definition) is 0. The highest BCUT2D eigenvalue weighted by molar-refractivity contribution is 5.82. The molecule has 4 aromatic rings. The summed E-state index contributed by atoms with van der Waals surface area (Å²) >= 11 is 0. The first-order valence-corrected chi connectivity index (χ1v) is 8.95. The Balaban J connectivity index is 1.63. The first-order valence-electron chi connectivity index (χ1n) is 8.95. The predicted octanol–water partition coefficient (Wildman–Crippen LogP) is 3.91. The van der Waals surface area contributed by atoms with Crippen LogP contribution in [0.25, 0.3) is 22.4 Å². The van der Waals surface area contributed by atoms with Gasteiger partial charge in [0.05, 0.1) is 36.6 Å². The van der Waals surface area contributed by atoms with Crippen LogP contribution in [0.5, 0.6) is 11.5 Å². The Labute approximate surface area is 158 Å². The van der Waals surface area contributed by atoms with Crippen LogP contribution in [-0.4, -0.2) is 32.8 Å². The Hall–Kier alpha value is -3.28. The number of imidazole rings is 2. The Bertz CT molecular complexity index is 1040. The van der Waals surface area contributed by atoms with Crippen molar-refractivity contribution in [3.8, 4) is 22.9 Å². The number of rotatable bonds is 7. The molecule has 6 heteroatoms. The third kappa shape index (κ3) is 3.38. The molecular formula is C21H22N4O2. The molecular weight excluding hydrogens is 340 g/mol. The number of fused-ring (bicyclic) bond motifs is 1. The van der Waals surface area contributed by atoms with Gasteiger partial charge >= 0.3 is 0 Å². The topological polar surface area (TPSA) is 54.1 Å². The first kappa shape index (κ1) is 17.1. The van der Waals surface area contributed by atoms with Gasteiger partial charge in [-0.15, -0.1) is 0 Å². The molecule has 0 aliphatic rings. The fraction of sp³-hybridized carbons (Fsp3) is 0.238. The van der Waals surface area contributed by atoms with E-state index in [-0.39, 0.29) is 0 Å². The zero-order valence-corrected chi connectivity index (χ0v) is 15.5. The molecule has 0 N–H and O–H groups in total. The normalized spacial score (nSPS) is 11.0. The molecule has 0 saturated carbocycles. The van der Waals surface area contributed by atoms with Crippen LogP contribution in [0.1, 0.15) is 6.42 Å². The lowest BCUT2D eigenvalue weighted by Crippen LogP contribution is -2.06. The number of benzene rings is 2. The van der Waals surface area contributed by atoms with Crippen LogP contribution in [-0.2, 0) is 13.6 Å². The average Bonchev–Trinajstić information content (AvgIpc) is 3.33. The van der Waals surface area contributed by atoms with Gasteiger partial charge in [0, 0.05) is 26.0 Å². The van der Waals surface area contributed by atoms with Crippen molar-refractivity contribution in [2.24, 2.45) is 7.05 Å². The molecule has 2 heterocycles. The van der Waals surface area contributed by atoms with Gasteiger partial charge in [0.25, 0.3) is 0 Å². The van der Waals surface area contributed by atoms with Gasteiger partial charge in [-0.3, -0.25) is 0 Å². The van der Waals surface area contributed by atoms with Crippen molar-refractivity contribution in [1.82, 2.24) is 19.1 Å². The maximum atomic E-state index is 6.15. The second kappa shape index (κ2) is 7.53. The molecule has 0 amide bonds. The van der Waals surface area contributed by atoms with E-state index in [1.54, 1.807) is 13.3 Å². The van der Waals surface area contributed by atoms with Crippen molar-refractivity contribution in [2.45, 2.75) is 13.0 Å². The monoisotopic (exact) mass is 362 g/mol. The van der Waals surface area contributed by atoms with Crippen molar-refractivity contribution in [1.29, 1.82) is 0 Å². The zero-order chi connectivity index (χ0) is 18.6. The molecule has 2 aromatic carbocycles. The minimum absolute atomic E-state index is 0.579. The van der Waals surface area contributed by atoms with Gasteiger partial charge in [0.15, 0.2) is 11.5 Å².